The lowest BCUT2D eigenvalue weighted by Gasteiger charge is -2.28. The molecule has 70 valence electrons. The number of phenols is 1. The third kappa shape index (κ3) is 1.37. The summed E-state index contributed by atoms with van der Waals surface area (Å²) in [6, 6.07) is 1.87. The minimum absolute atomic E-state index is 0.0326. The van der Waals surface area contributed by atoms with Crippen molar-refractivity contribution < 1.29 is 13.9 Å². The van der Waals surface area contributed by atoms with Crippen LogP contribution in [0.2, 0.25) is 0 Å². The molecule has 0 spiro atoms. The molecule has 1 aromatic rings. The molecule has 1 aliphatic heterocycles. The molecular weight excluding hydrogens is 176 g/mol. The molecule has 4 heteroatoms. The molecule has 0 bridgehead atoms. The lowest BCUT2D eigenvalue weighted by molar-refractivity contribution is 0.388. The van der Waals surface area contributed by atoms with E-state index in [-0.39, 0.29) is 5.92 Å². The Hall–Kier alpha value is -1.16. The maximum atomic E-state index is 12.9. The van der Waals surface area contributed by atoms with E-state index in [2.05, 4.69) is 5.32 Å². The van der Waals surface area contributed by atoms with Crippen LogP contribution >= 0.6 is 0 Å². The van der Waals surface area contributed by atoms with Crippen molar-refractivity contribution >= 4 is 0 Å². The minimum Gasteiger partial charge on any atom is -0.505 e. The molecule has 0 unspecified atom stereocenters. The fourth-order valence-electron chi connectivity index (χ4n) is 1.41. The van der Waals surface area contributed by atoms with Gasteiger partial charge in [0.05, 0.1) is 0 Å². The van der Waals surface area contributed by atoms with Crippen LogP contribution in [0.4, 0.5) is 8.78 Å². The second kappa shape index (κ2) is 2.96. The van der Waals surface area contributed by atoms with Crippen LogP contribution in [-0.4, -0.2) is 18.2 Å². The highest BCUT2D eigenvalue weighted by Crippen LogP contribution is 2.31. The quantitative estimate of drug-likeness (QED) is 0.692. The number of aromatic hydroxyl groups is 1. The number of benzene rings is 1. The smallest absolute Gasteiger partial charge is 0.168 e. The van der Waals surface area contributed by atoms with Gasteiger partial charge in [-0.25, -0.2) is 8.78 Å². The van der Waals surface area contributed by atoms with Gasteiger partial charge in [-0.1, -0.05) is 0 Å². The average molecular weight is 185 g/mol. The van der Waals surface area contributed by atoms with E-state index < -0.39 is 17.4 Å². The van der Waals surface area contributed by atoms with Crippen molar-refractivity contribution in [2.45, 2.75) is 5.92 Å². The van der Waals surface area contributed by atoms with Gasteiger partial charge in [0.1, 0.15) is 5.82 Å². The molecule has 1 heterocycles. The zero-order valence-corrected chi connectivity index (χ0v) is 6.85. The zero-order chi connectivity index (χ0) is 9.42. The first kappa shape index (κ1) is 8.44. The lowest BCUT2D eigenvalue weighted by Crippen LogP contribution is -2.40. The molecule has 13 heavy (non-hydrogen) atoms. The monoisotopic (exact) mass is 185 g/mol. The van der Waals surface area contributed by atoms with E-state index in [9.17, 15) is 13.9 Å². The summed E-state index contributed by atoms with van der Waals surface area (Å²) in [6.07, 6.45) is 0. The van der Waals surface area contributed by atoms with Crippen LogP contribution in [0, 0.1) is 11.6 Å². The van der Waals surface area contributed by atoms with Crippen LogP contribution in [-0.2, 0) is 0 Å². The van der Waals surface area contributed by atoms with Crippen LogP contribution in [0.5, 0.6) is 5.75 Å². The van der Waals surface area contributed by atoms with Gasteiger partial charge in [0.2, 0.25) is 0 Å². The minimum atomic E-state index is -0.887. The summed E-state index contributed by atoms with van der Waals surface area (Å²) >= 11 is 0. The van der Waals surface area contributed by atoms with E-state index in [0.29, 0.717) is 24.7 Å². The Balaban J connectivity index is 2.42. The van der Waals surface area contributed by atoms with Gasteiger partial charge in [0.25, 0.3) is 0 Å². The molecule has 0 aliphatic carbocycles. The van der Waals surface area contributed by atoms with Crippen LogP contribution in [0.15, 0.2) is 12.1 Å². The first-order valence-electron chi connectivity index (χ1n) is 4.07. The van der Waals surface area contributed by atoms with Crippen LogP contribution in [0.25, 0.3) is 0 Å². The van der Waals surface area contributed by atoms with Crippen LogP contribution in [0.3, 0.4) is 0 Å². The molecule has 2 nitrogen and oxygen atoms in total. The van der Waals surface area contributed by atoms with E-state index >= 15 is 0 Å². The summed E-state index contributed by atoms with van der Waals surface area (Å²) in [5.41, 5.74) is 0.358. The van der Waals surface area contributed by atoms with E-state index in [1.807, 2.05) is 0 Å². The SMILES string of the molecule is Oc1c(F)cc(F)cc1C1CNC1. The summed E-state index contributed by atoms with van der Waals surface area (Å²) in [4.78, 5) is 0. The highest BCUT2D eigenvalue weighted by molar-refractivity contribution is 5.38. The molecule has 1 saturated heterocycles. The predicted molar refractivity (Wildman–Crippen MR) is 43.6 cm³/mol. The Kier molecular flexibility index (Phi) is 1.92. The molecule has 2 rings (SSSR count). The molecule has 2 N–H and O–H groups in total. The molecule has 0 saturated carbocycles. The summed E-state index contributed by atoms with van der Waals surface area (Å²) < 4.78 is 25.6. The van der Waals surface area contributed by atoms with Crippen molar-refractivity contribution in [2.24, 2.45) is 0 Å². The van der Waals surface area contributed by atoms with Gasteiger partial charge in [-0.05, 0) is 6.07 Å². The first-order valence-corrected chi connectivity index (χ1v) is 4.07. The Bertz CT molecular complexity index is 337. The zero-order valence-electron chi connectivity index (χ0n) is 6.85. The molecule has 0 amide bonds. The molecule has 1 aromatic carbocycles. The number of phenolic OH excluding ortho intramolecular Hbond substituents is 1. The van der Waals surface area contributed by atoms with E-state index in [1.54, 1.807) is 0 Å². The number of nitrogens with one attached hydrogen (secondary N) is 1. The number of rotatable bonds is 1. The van der Waals surface area contributed by atoms with Gasteiger partial charge in [0, 0.05) is 30.6 Å². The summed E-state index contributed by atoms with van der Waals surface area (Å²) in [6.45, 7) is 1.33. The first-order chi connectivity index (χ1) is 6.18. The Morgan fingerprint density at radius 1 is 1.31 bits per heavy atom. The Labute approximate surface area is 74.2 Å². The summed E-state index contributed by atoms with van der Waals surface area (Å²) in [5, 5.41) is 12.3. The van der Waals surface area contributed by atoms with Gasteiger partial charge in [-0.15, -0.1) is 0 Å². The highest BCUT2D eigenvalue weighted by Gasteiger charge is 2.24. The third-order valence-corrected chi connectivity index (χ3v) is 2.28. The van der Waals surface area contributed by atoms with Crippen molar-refractivity contribution in [1.82, 2.24) is 5.32 Å². The topological polar surface area (TPSA) is 32.3 Å². The van der Waals surface area contributed by atoms with E-state index in [0.717, 1.165) is 0 Å². The Morgan fingerprint density at radius 3 is 2.54 bits per heavy atom. The fraction of sp³-hybridized carbons (Fsp3) is 0.333. The number of hydrogen-bond acceptors (Lipinski definition) is 2. The van der Waals surface area contributed by atoms with Crippen LogP contribution < -0.4 is 5.32 Å². The van der Waals surface area contributed by atoms with Gasteiger partial charge in [-0.3, -0.25) is 0 Å². The van der Waals surface area contributed by atoms with Crippen molar-refractivity contribution in [2.75, 3.05) is 13.1 Å². The maximum Gasteiger partial charge on any atom is 0.168 e. The standard InChI is InChI=1S/C9H9F2NO/c10-6-1-7(5-3-12-4-5)9(13)8(11)2-6/h1-2,5,12-13H,3-4H2. The van der Waals surface area contributed by atoms with Crippen molar-refractivity contribution in [1.29, 1.82) is 0 Å². The molecule has 0 aromatic heterocycles. The summed E-state index contributed by atoms with van der Waals surface area (Å²) in [5.74, 6) is -1.92. The van der Waals surface area contributed by atoms with Gasteiger partial charge < -0.3 is 10.4 Å². The largest absolute Gasteiger partial charge is 0.505 e. The third-order valence-electron chi connectivity index (χ3n) is 2.28. The van der Waals surface area contributed by atoms with E-state index in [4.69, 9.17) is 0 Å². The van der Waals surface area contributed by atoms with Crippen LogP contribution in [0.1, 0.15) is 11.5 Å². The molecule has 0 atom stereocenters. The number of halogens is 2. The number of hydrogen-bond donors (Lipinski definition) is 2. The Morgan fingerprint density at radius 2 is 2.00 bits per heavy atom. The summed E-state index contributed by atoms with van der Waals surface area (Å²) in [7, 11) is 0. The van der Waals surface area contributed by atoms with E-state index in [1.165, 1.54) is 6.07 Å². The second-order valence-electron chi connectivity index (χ2n) is 3.18. The van der Waals surface area contributed by atoms with Gasteiger partial charge in [-0.2, -0.15) is 0 Å². The van der Waals surface area contributed by atoms with Gasteiger partial charge >= 0.3 is 0 Å². The highest BCUT2D eigenvalue weighted by atomic mass is 19.1. The van der Waals surface area contributed by atoms with Crippen molar-refractivity contribution in [3.05, 3.63) is 29.3 Å². The van der Waals surface area contributed by atoms with Gasteiger partial charge in [0.15, 0.2) is 11.6 Å². The normalized spacial score (nSPS) is 17.1. The molecule has 0 radical (unpaired) electrons. The average Bonchev–Trinajstić information content (AvgIpc) is 1.95. The second-order valence-corrected chi connectivity index (χ2v) is 3.18. The van der Waals surface area contributed by atoms with Crippen molar-refractivity contribution in [3.8, 4) is 5.75 Å². The molecule has 1 aliphatic rings. The molecule has 1 fully saturated rings. The fourth-order valence-corrected chi connectivity index (χ4v) is 1.41. The lowest BCUT2D eigenvalue weighted by atomic mass is 9.93. The maximum absolute atomic E-state index is 12.9. The molecular formula is C9H9F2NO. The van der Waals surface area contributed by atoms with Crippen molar-refractivity contribution in [3.63, 3.8) is 0 Å². The predicted octanol–water partition coefficient (Wildman–Crippen LogP) is 1.36.